The molecule has 0 aliphatic carbocycles. The maximum atomic E-state index is 5.83. The molecule has 1 fully saturated rings. The summed E-state index contributed by atoms with van der Waals surface area (Å²) < 4.78 is 7.78. The second kappa shape index (κ2) is 8.30. The van der Waals surface area contributed by atoms with Gasteiger partial charge in [0.15, 0.2) is 5.82 Å². The van der Waals surface area contributed by atoms with Gasteiger partial charge in [0.05, 0.1) is 18.0 Å². The first-order valence-corrected chi connectivity index (χ1v) is 10.9. The van der Waals surface area contributed by atoms with Gasteiger partial charge in [-0.05, 0) is 37.6 Å². The summed E-state index contributed by atoms with van der Waals surface area (Å²) in [7, 11) is 0. The third-order valence-corrected chi connectivity index (χ3v) is 5.88. The largest absolute Gasteiger partial charge is 0.492 e. The van der Waals surface area contributed by atoms with E-state index in [9.17, 15) is 0 Å². The molecule has 0 radical (unpaired) electrons. The molecule has 5 rings (SSSR count). The molecule has 1 saturated heterocycles. The van der Waals surface area contributed by atoms with E-state index in [4.69, 9.17) is 14.8 Å². The van der Waals surface area contributed by atoms with Crippen LogP contribution in [0.25, 0.3) is 16.8 Å². The van der Waals surface area contributed by atoms with Crippen LogP contribution < -0.4 is 14.5 Å². The molecular formula is C25H27N5O. The molecule has 3 heterocycles. The SMILES string of the molecule is CCOc1ccccc1N1CCN(c2nccn3nc(-c4ccccc4C)cc23)CC1. The summed E-state index contributed by atoms with van der Waals surface area (Å²) in [5.74, 6) is 1.95. The number of para-hydroxylation sites is 2. The summed E-state index contributed by atoms with van der Waals surface area (Å²) in [6.45, 7) is 8.47. The van der Waals surface area contributed by atoms with E-state index >= 15 is 0 Å². The monoisotopic (exact) mass is 413 g/mol. The van der Waals surface area contributed by atoms with Crippen molar-refractivity contribution in [2.75, 3.05) is 42.6 Å². The van der Waals surface area contributed by atoms with Crippen LogP contribution in [0.15, 0.2) is 67.0 Å². The van der Waals surface area contributed by atoms with Gasteiger partial charge >= 0.3 is 0 Å². The molecule has 0 N–H and O–H groups in total. The Kier molecular flexibility index (Phi) is 5.20. The van der Waals surface area contributed by atoms with Gasteiger partial charge in [-0.2, -0.15) is 5.10 Å². The summed E-state index contributed by atoms with van der Waals surface area (Å²) in [6, 6.07) is 18.8. The van der Waals surface area contributed by atoms with Crippen LogP contribution in [0.2, 0.25) is 0 Å². The topological polar surface area (TPSA) is 45.9 Å². The van der Waals surface area contributed by atoms with Crippen LogP contribution in [-0.2, 0) is 0 Å². The maximum Gasteiger partial charge on any atom is 0.154 e. The molecule has 2 aromatic carbocycles. The quantitative estimate of drug-likeness (QED) is 0.484. The Balaban J connectivity index is 1.40. The second-order valence-electron chi connectivity index (χ2n) is 7.80. The van der Waals surface area contributed by atoms with Crippen molar-refractivity contribution >= 4 is 17.0 Å². The minimum absolute atomic E-state index is 0.674. The van der Waals surface area contributed by atoms with E-state index in [1.165, 1.54) is 11.3 Å². The Labute approximate surface area is 182 Å². The summed E-state index contributed by atoms with van der Waals surface area (Å²) in [4.78, 5) is 9.49. The lowest BCUT2D eigenvalue weighted by Crippen LogP contribution is -2.47. The summed E-state index contributed by atoms with van der Waals surface area (Å²) >= 11 is 0. The number of aryl methyl sites for hydroxylation is 1. The fraction of sp³-hybridized carbons (Fsp3) is 0.280. The smallest absolute Gasteiger partial charge is 0.154 e. The Hall–Kier alpha value is -3.54. The average Bonchev–Trinajstić information content (AvgIpc) is 3.24. The van der Waals surface area contributed by atoms with Crippen molar-refractivity contribution < 1.29 is 4.74 Å². The fourth-order valence-electron chi connectivity index (χ4n) is 4.30. The zero-order valence-electron chi connectivity index (χ0n) is 18.0. The Morgan fingerprint density at radius 3 is 2.48 bits per heavy atom. The predicted molar refractivity (Wildman–Crippen MR) is 125 cm³/mol. The minimum Gasteiger partial charge on any atom is -0.492 e. The van der Waals surface area contributed by atoms with Crippen molar-refractivity contribution in [2.24, 2.45) is 0 Å². The first-order valence-electron chi connectivity index (χ1n) is 10.9. The van der Waals surface area contributed by atoms with Crippen molar-refractivity contribution in [3.05, 3.63) is 72.6 Å². The van der Waals surface area contributed by atoms with Gasteiger partial charge in [-0.1, -0.05) is 36.4 Å². The number of nitrogens with zero attached hydrogens (tertiary/aromatic N) is 5. The van der Waals surface area contributed by atoms with Crippen molar-refractivity contribution in [2.45, 2.75) is 13.8 Å². The van der Waals surface area contributed by atoms with Crippen molar-refractivity contribution in [1.29, 1.82) is 0 Å². The number of rotatable bonds is 5. The fourth-order valence-corrected chi connectivity index (χ4v) is 4.30. The van der Waals surface area contributed by atoms with E-state index in [-0.39, 0.29) is 0 Å². The number of anilines is 2. The molecule has 6 nitrogen and oxygen atoms in total. The van der Waals surface area contributed by atoms with Crippen molar-refractivity contribution in [3.63, 3.8) is 0 Å². The first-order chi connectivity index (χ1) is 15.2. The molecule has 0 saturated carbocycles. The van der Waals surface area contributed by atoms with Gasteiger partial charge in [-0.3, -0.25) is 0 Å². The molecule has 158 valence electrons. The van der Waals surface area contributed by atoms with Crippen molar-refractivity contribution in [1.82, 2.24) is 14.6 Å². The molecule has 1 aliphatic rings. The lowest BCUT2D eigenvalue weighted by Gasteiger charge is -2.37. The van der Waals surface area contributed by atoms with E-state index < -0.39 is 0 Å². The zero-order chi connectivity index (χ0) is 21.2. The molecule has 4 aromatic rings. The lowest BCUT2D eigenvalue weighted by molar-refractivity contribution is 0.340. The highest BCUT2D eigenvalue weighted by Gasteiger charge is 2.22. The van der Waals surface area contributed by atoms with Gasteiger partial charge in [-0.15, -0.1) is 0 Å². The Morgan fingerprint density at radius 2 is 1.68 bits per heavy atom. The third-order valence-electron chi connectivity index (χ3n) is 5.88. The molecule has 0 unspecified atom stereocenters. The molecular weight excluding hydrogens is 386 g/mol. The number of hydrogen-bond donors (Lipinski definition) is 0. The Morgan fingerprint density at radius 1 is 0.935 bits per heavy atom. The molecule has 31 heavy (non-hydrogen) atoms. The summed E-state index contributed by atoms with van der Waals surface area (Å²) in [5.41, 5.74) is 5.58. The zero-order valence-corrected chi connectivity index (χ0v) is 18.0. The van der Waals surface area contributed by atoms with Gasteiger partial charge in [0, 0.05) is 44.1 Å². The van der Waals surface area contributed by atoms with Crippen LogP contribution in [0.3, 0.4) is 0 Å². The number of fused-ring (bicyclic) bond motifs is 1. The lowest BCUT2D eigenvalue weighted by atomic mass is 10.1. The average molecular weight is 414 g/mol. The van der Waals surface area contributed by atoms with E-state index in [1.807, 2.05) is 36.0 Å². The Bertz CT molecular complexity index is 1190. The van der Waals surface area contributed by atoms with Crippen LogP contribution in [-0.4, -0.2) is 47.4 Å². The van der Waals surface area contributed by atoms with Crippen molar-refractivity contribution in [3.8, 4) is 17.0 Å². The number of hydrogen-bond acceptors (Lipinski definition) is 5. The standard InChI is InChI=1S/C25H27N5O/c1-3-31-24-11-7-6-10-22(24)28-14-16-29(17-15-28)25-23-18-21(27-30(23)13-12-26-25)20-9-5-4-8-19(20)2/h4-13,18H,3,14-17H2,1-2H3. The third kappa shape index (κ3) is 3.69. The molecule has 0 amide bonds. The van der Waals surface area contributed by atoms with Crippen LogP contribution in [0.1, 0.15) is 12.5 Å². The van der Waals surface area contributed by atoms with Gasteiger partial charge < -0.3 is 14.5 Å². The molecule has 6 heteroatoms. The van der Waals surface area contributed by atoms with E-state index in [0.29, 0.717) is 6.61 Å². The molecule has 2 aromatic heterocycles. The van der Waals surface area contributed by atoms with E-state index in [2.05, 4.69) is 59.2 Å². The first kappa shape index (κ1) is 19.4. The molecule has 1 aliphatic heterocycles. The van der Waals surface area contributed by atoms with Gasteiger partial charge in [0.25, 0.3) is 0 Å². The number of aromatic nitrogens is 3. The van der Waals surface area contributed by atoms with E-state index in [0.717, 1.165) is 54.5 Å². The van der Waals surface area contributed by atoms with Gasteiger partial charge in [0.1, 0.15) is 11.3 Å². The highest BCUT2D eigenvalue weighted by molar-refractivity contribution is 5.76. The summed E-state index contributed by atoms with van der Waals surface area (Å²) in [6.07, 6.45) is 3.77. The van der Waals surface area contributed by atoms with Crippen LogP contribution >= 0.6 is 0 Å². The molecule has 0 atom stereocenters. The number of benzene rings is 2. The van der Waals surface area contributed by atoms with Crippen LogP contribution in [0.4, 0.5) is 11.5 Å². The van der Waals surface area contributed by atoms with Crippen LogP contribution in [0.5, 0.6) is 5.75 Å². The van der Waals surface area contributed by atoms with Gasteiger partial charge in [0.2, 0.25) is 0 Å². The molecule has 0 bridgehead atoms. The number of ether oxygens (including phenoxy) is 1. The van der Waals surface area contributed by atoms with Crippen LogP contribution in [0, 0.1) is 6.92 Å². The summed E-state index contributed by atoms with van der Waals surface area (Å²) in [5, 5.41) is 4.82. The second-order valence-corrected chi connectivity index (χ2v) is 7.80. The predicted octanol–water partition coefficient (Wildman–Crippen LogP) is 4.43. The van der Waals surface area contributed by atoms with Gasteiger partial charge in [-0.25, -0.2) is 9.50 Å². The number of piperazine rings is 1. The minimum atomic E-state index is 0.674. The highest BCUT2D eigenvalue weighted by atomic mass is 16.5. The normalized spacial score (nSPS) is 14.3. The molecule has 0 spiro atoms. The van der Waals surface area contributed by atoms with E-state index in [1.54, 1.807) is 0 Å². The maximum absolute atomic E-state index is 5.83. The highest BCUT2D eigenvalue weighted by Crippen LogP contribution is 2.31.